The van der Waals surface area contributed by atoms with E-state index in [-0.39, 0.29) is 5.82 Å². The second-order valence-electron chi connectivity index (χ2n) is 6.90. The van der Waals surface area contributed by atoms with Crippen molar-refractivity contribution in [2.24, 2.45) is 4.99 Å². The van der Waals surface area contributed by atoms with Crippen molar-refractivity contribution in [2.75, 3.05) is 44.8 Å². The van der Waals surface area contributed by atoms with Gasteiger partial charge in [-0.1, -0.05) is 24.3 Å². The third kappa shape index (κ3) is 5.45. The van der Waals surface area contributed by atoms with Gasteiger partial charge in [0.25, 0.3) is 0 Å². The first-order valence-electron chi connectivity index (χ1n) is 9.77. The fourth-order valence-electron chi connectivity index (χ4n) is 3.43. The van der Waals surface area contributed by atoms with Gasteiger partial charge in [0.05, 0.1) is 13.2 Å². The molecule has 2 aromatic carbocycles. The minimum Gasteiger partial charge on any atom is -0.378 e. The SMILES string of the molecule is CN=C(NCCc1ccc(F)cc1C)NCc1ccccc1N1CCOCC1. The summed E-state index contributed by atoms with van der Waals surface area (Å²) in [6.07, 6.45) is 0.817. The Bertz CT molecular complexity index is 803. The van der Waals surface area contributed by atoms with Gasteiger partial charge in [0, 0.05) is 38.9 Å². The number of nitrogens with zero attached hydrogens (tertiary/aromatic N) is 2. The van der Waals surface area contributed by atoms with E-state index in [0.717, 1.165) is 56.4 Å². The number of hydrogen-bond donors (Lipinski definition) is 2. The Labute approximate surface area is 166 Å². The standard InChI is InChI=1S/C22H29FN4O/c1-17-15-20(23)8-7-18(17)9-10-25-22(24-2)26-16-19-5-3-4-6-21(19)27-11-13-28-14-12-27/h3-8,15H,9-14,16H2,1-2H3,(H2,24,25,26). The molecule has 3 rings (SSSR count). The molecule has 2 N–H and O–H groups in total. The zero-order valence-electron chi connectivity index (χ0n) is 16.7. The van der Waals surface area contributed by atoms with Gasteiger partial charge in [-0.25, -0.2) is 4.39 Å². The molecule has 0 unspecified atom stereocenters. The van der Waals surface area contributed by atoms with Crippen LogP contribution in [0.3, 0.4) is 0 Å². The molecule has 2 aromatic rings. The molecule has 0 saturated carbocycles. The van der Waals surface area contributed by atoms with Crippen LogP contribution in [0.25, 0.3) is 0 Å². The predicted octanol–water partition coefficient (Wildman–Crippen LogP) is 2.88. The molecule has 5 nitrogen and oxygen atoms in total. The van der Waals surface area contributed by atoms with Gasteiger partial charge in [-0.05, 0) is 48.2 Å². The molecule has 0 atom stereocenters. The van der Waals surface area contributed by atoms with Crippen LogP contribution in [0.4, 0.5) is 10.1 Å². The fourth-order valence-corrected chi connectivity index (χ4v) is 3.43. The minimum absolute atomic E-state index is 0.189. The van der Waals surface area contributed by atoms with Gasteiger partial charge < -0.3 is 20.3 Å². The van der Waals surface area contributed by atoms with Crippen molar-refractivity contribution in [1.29, 1.82) is 0 Å². The van der Waals surface area contributed by atoms with Crippen LogP contribution in [0.15, 0.2) is 47.5 Å². The minimum atomic E-state index is -0.189. The van der Waals surface area contributed by atoms with Crippen LogP contribution in [0.2, 0.25) is 0 Å². The average molecular weight is 384 g/mol. The maximum absolute atomic E-state index is 13.2. The lowest BCUT2D eigenvalue weighted by Gasteiger charge is -2.30. The van der Waals surface area contributed by atoms with Gasteiger partial charge in [-0.3, -0.25) is 4.99 Å². The summed E-state index contributed by atoms with van der Waals surface area (Å²) in [7, 11) is 1.77. The highest BCUT2D eigenvalue weighted by Gasteiger charge is 2.14. The van der Waals surface area contributed by atoms with Crippen molar-refractivity contribution in [3.05, 3.63) is 65.0 Å². The fraction of sp³-hybridized carbons (Fsp3) is 0.409. The number of para-hydroxylation sites is 1. The highest BCUT2D eigenvalue weighted by molar-refractivity contribution is 5.79. The Balaban J connectivity index is 1.53. The Kier molecular flexibility index (Phi) is 7.25. The average Bonchev–Trinajstić information content (AvgIpc) is 2.73. The predicted molar refractivity (Wildman–Crippen MR) is 113 cm³/mol. The van der Waals surface area contributed by atoms with Gasteiger partial charge in [0.1, 0.15) is 5.82 Å². The molecule has 0 aromatic heterocycles. The van der Waals surface area contributed by atoms with Crippen LogP contribution in [-0.4, -0.2) is 45.9 Å². The summed E-state index contributed by atoms with van der Waals surface area (Å²) >= 11 is 0. The van der Waals surface area contributed by atoms with E-state index < -0.39 is 0 Å². The summed E-state index contributed by atoms with van der Waals surface area (Å²) in [6, 6.07) is 13.4. The topological polar surface area (TPSA) is 48.9 Å². The zero-order valence-corrected chi connectivity index (χ0v) is 16.7. The van der Waals surface area contributed by atoms with E-state index in [0.29, 0.717) is 6.54 Å². The number of hydrogen-bond acceptors (Lipinski definition) is 3. The monoisotopic (exact) mass is 384 g/mol. The number of nitrogens with one attached hydrogen (secondary N) is 2. The summed E-state index contributed by atoms with van der Waals surface area (Å²) in [5.41, 5.74) is 4.60. The Morgan fingerprint density at radius 2 is 1.89 bits per heavy atom. The third-order valence-electron chi connectivity index (χ3n) is 5.00. The highest BCUT2D eigenvalue weighted by Crippen LogP contribution is 2.21. The van der Waals surface area contributed by atoms with E-state index in [9.17, 15) is 4.39 Å². The quantitative estimate of drug-likeness (QED) is 0.594. The Morgan fingerprint density at radius 1 is 1.11 bits per heavy atom. The Morgan fingerprint density at radius 3 is 2.64 bits per heavy atom. The van der Waals surface area contributed by atoms with Crippen LogP contribution in [-0.2, 0) is 17.7 Å². The molecule has 1 aliphatic heterocycles. The second-order valence-corrected chi connectivity index (χ2v) is 6.90. The van der Waals surface area contributed by atoms with E-state index in [1.54, 1.807) is 13.1 Å². The molecule has 1 fully saturated rings. The van der Waals surface area contributed by atoms with Crippen LogP contribution < -0.4 is 15.5 Å². The molecule has 1 aliphatic rings. The van der Waals surface area contributed by atoms with Gasteiger partial charge in [0.15, 0.2) is 5.96 Å². The maximum Gasteiger partial charge on any atom is 0.191 e. The molecule has 0 bridgehead atoms. The Hall–Kier alpha value is -2.60. The van der Waals surface area contributed by atoms with E-state index in [1.165, 1.54) is 17.3 Å². The van der Waals surface area contributed by atoms with Gasteiger partial charge in [-0.2, -0.15) is 0 Å². The molecule has 0 aliphatic carbocycles. The summed E-state index contributed by atoms with van der Waals surface area (Å²) in [5.74, 6) is 0.571. The number of benzene rings is 2. The van der Waals surface area contributed by atoms with Crippen molar-refractivity contribution >= 4 is 11.6 Å². The molecule has 150 valence electrons. The number of rotatable bonds is 6. The number of morpholine rings is 1. The molecule has 1 heterocycles. The second kappa shape index (κ2) is 10.1. The summed E-state index contributed by atoms with van der Waals surface area (Å²) in [4.78, 5) is 6.68. The number of anilines is 1. The number of ether oxygens (including phenoxy) is 1. The first-order valence-corrected chi connectivity index (χ1v) is 9.77. The molecule has 6 heteroatoms. The van der Waals surface area contributed by atoms with Crippen molar-refractivity contribution in [2.45, 2.75) is 19.9 Å². The van der Waals surface area contributed by atoms with Crippen LogP contribution in [0.1, 0.15) is 16.7 Å². The van der Waals surface area contributed by atoms with Crippen molar-refractivity contribution in [3.63, 3.8) is 0 Å². The molecule has 0 amide bonds. The van der Waals surface area contributed by atoms with E-state index in [2.05, 4.69) is 44.8 Å². The zero-order chi connectivity index (χ0) is 19.8. The van der Waals surface area contributed by atoms with E-state index in [1.807, 2.05) is 13.0 Å². The maximum atomic E-state index is 13.2. The smallest absolute Gasteiger partial charge is 0.191 e. The van der Waals surface area contributed by atoms with E-state index >= 15 is 0 Å². The number of aliphatic imine (C=N–C) groups is 1. The van der Waals surface area contributed by atoms with Gasteiger partial charge in [-0.15, -0.1) is 0 Å². The van der Waals surface area contributed by atoms with Crippen LogP contribution in [0.5, 0.6) is 0 Å². The van der Waals surface area contributed by atoms with Crippen molar-refractivity contribution in [1.82, 2.24) is 10.6 Å². The third-order valence-corrected chi connectivity index (χ3v) is 5.00. The largest absolute Gasteiger partial charge is 0.378 e. The van der Waals surface area contributed by atoms with Crippen molar-refractivity contribution in [3.8, 4) is 0 Å². The lowest BCUT2D eigenvalue weighted by molar-refractivity contribution is 0.122. The molecule has 0 spiro atoms. The first kappa shape index (κ1) is 20.1. The van der Waals surface area contributed by atoms with Crippen LogP contribution >= 0.6 is 0 Å². The lowest BCUT2D eigenvalue weighted by atomic mass is 10.1. The summed E-state index contributed by atoms with van der Waals surface area (Å²) in [5, 5.41) is 6.74. The first-order chi connectivity index (χ1) is 13.7. The number of halogens is 1. The number of guanidine groups is 1. The molecular weight excluding hydrogens is 355 g/mol. The van der Waals surface area contributed by atoms with Gasteiger partial charge >= 0.3 is 0 Å². The van der Waals surface area contributed by atoms with E-state index in [4.69, 9.17) is 4.74 Å². The highest BCUT2D eigenvalue weighted by atomic mass is 19.1. The molecule has 1 saturated heterocycles. The van der Waals surface area contributed by atoms with Crippen molar-refractivity contribution < 1.29 is 9.13 Å². The molecular formula is C22H29FN4O. The molecule has 0 radical (unpaired) electrons. The summed E-state index contributed by atoms with van der Waals surface area (Å²) < 4.78 is 18.7. The molecule has 28 heavy (non-hydrogen) atoms. The summed E-state index contributed by atoms with van der Waals surface area (Å²) in [6.45, 7) is 6.75. The lowest BCUT2D eigenvalue weighted by Crippen LogP contribution is -2.39. The normalized spacial score (nSPS) is 14.8. The van der Waals surface area contributed by atoms with Gasteiger partial charge in [0.2, 0.25) is 0 Å². The number of aryl methyl sites for hydroxylation is 1. The van der Waals surface area contributed by atoms with Crippen LogP contribution in [0, 0.1) is 12.7 Å².